The molecule has 6 nitrogen and oxygen atoms in total. The lowest BCUT2D eigenvalue weighted by atomic mass is 10.1. The Bertz CT molecular complexity index is 453. The molecule has 90 valence electrons. The molecule has 17 heavy (non-hydrogen) atoms. The van der Waals surface area contributed by atoms with E-state index in [4.69, 9.17) is 10.2 Å². The number of carboxylic acids is 2. The van der Waals surface area contributed by atoms with Crippen molar-refractivity contribution in [3.63, 3.8) is 0 Å². The average molecular weight is 302 g/mol. The van der Waals surface area contributed by atoms with Crippen LogP contribution in [0.1, 0.15) is 20.7 Å². The van der Waals surface area contributed by atoms with E-state index in [-0.39, 0.29) is 22.1 Å². The first kappa shape index (κ1) is 13.2. The van der Waals surface area contributed by atoms with Crippen molar-refractivity contribution in [2.24, 2.45) is 0 Å². The molecule has 0 radical (unpaired) electrons. The average Bonchev–Trinajstić information content (AvgIpc) is 2.28. The van der Waals surface area contributed by atoms with Crippen LogP contribution >= 0.6 is 15.9 Å². The predicted octanol–water partition coefficient (Wildman–Crippen LogP) is 1.42. The standard InChI is InChI=1S/C10H8BrNO5/c11-4-7(13)12-8-5(9(14)15)2-1-3-6(8)10(16)17/h1-3H,4H2,(H,12,13)(H,14,15)(H,16,17). The summed E-state index contributed by atoms with van der Waals surface area (Å²) < 4.78 is 0. The molecule has 1 aromatic rings. The van der Waals surface area contributed by atoms with E-state index in [0.717, 1.165) is 0 Å². The van der Waals surface area contributed by atoms with Crippen molar-refractivity contribution in [3.8, 4) is 0 Å². The van der Waals surface area contributed by atoms with E-state index in [2.05, 4.69) is 21.2 Å². The number of benzene rings is 1. The summed E-state index contributed by atoms with van der Waals surface area (Å²) in [6, 6.07) is 3.74. The smallest absolute Gasteiger partial charge is 0.337 e. The molecule has 1 amide bonds. The first-order valence-electron chi connectivity index (χ1n) is 4.42. The number of amides is 1. The third-order valence-electron chi connectivity index (χ3n) is 1.91. The molecule has 0 saturated carbocycles. The van der Waals surface area contributed by atoms with Gasteiger partial charge in [0, 0.05) is 0 Å². The van der Waals surface area contributed by atoms with Gasteiger partial charge in [-0.1, -0.05) is 22.0 Å². The van der Waals surface area contributed by atoms with E-state index in [9.17, 15) is 14.4 Å². The molecule has 0 aliphatic carbocycles. The lowest BCUT2D eigenvalue weighted by Crippen LogP contribution is -2.18. The van der Waals surface area contributed by atoms with Crippen LogP contribution in [-0.2, 0) is 4.79 Å². The van der Waals surface area contributed by atoms with Gasteiger partial charge in [0.1, 0.15) is 0 Å². The molecule has 3 N–H and O–H groups in total. The van der Waals surface area contributed by atoms with E-state index in [0.29, 0.717) is 0 Å². The number of rotatable bonds is 4. The van der Waals surface area contributed by atoms with Crippen LogP contribution in [0.25, 0.3) is 0 Å². The van der Waals surface area contributed by atoms with Crippen LogP contribution < -0.4 is 5.32 Å². The SMILES string of the molecule is O=C(CBr)Nc1c(C(=O)O)cccc1C(=O)O. The van der Waals surface area contributed by atoms with Crippen LogP contribution in [0.3, 0.4) is 0 Å². The Balaban J connectivity index is 3.33. The number of hydrogen-bond acceptors (Lipinski definition) is 3. The van der Waals surface area contributed by atoms with Gasteiger partial charge in [-0.2, -0.15) is 0 Å². The van der Waals surface area contributed by atoms with Crippen molar-refractivity contribution in [2.75, 3.05) is 10.6 Å². The van der Waals surface area contributed by atoms with Crippen molar-refractivity contribution in [1.82, 2.24) is 0 Å². The van der Waals surface area contributed by atoms with E-state index in [1.54, 1.807) is 0 Å². The second-order valence-corrected chi connectivity index (χ2v) is 3.58. The molecule has 0 bridgehead atoms. The molecule has 1 rings (SSSR count). The highest BCUT2D eigenvalue weighted by atomic mass is 79.9. The van der Waals surface area contributed by atoms with Gasteiger partial charge >= 0.3 is 11.9 Å². The molecule has 0 aliphatic rings. The third-order valence-corrected chi connectivity index (χ3v) is 2.42. The largest absolute Gasteiger partial charge is 0.478 e. The zero-order chi connectivity index (χ0) is 13.0. The normalized spacial score (nSPS) is 9.71. The molecule has 0 saturated heterocycles. The number of nitrogens with one attached hydrogen (secondary N) is 1. The lowest BCUT2D eigenvalue weighted by Gasteiger charge is -2.10. The van der Waals surface area contributed by atoms with Crippen LogP contribution in [-0.4, -0.2) is 33.4 Å². The Morgan fingerprint density at radius 1 is 1.12 bits per heavy atom. The Kier molecular flexibility index (Phi) is 4.22. The van der Waals surface area contributed by atoms with E-state index in [1.807, 2.05) is 0 Å². The fourth-order valence-corrected chi connectivity index (χ4v) is 1.36. The van der Waals surface area contributed by atoms with Crippen LogP contribution in [0.4, 0.5) is 5.69 Å². The van der Waals surface area contributed by atoms with Gasteiger partial charge in [-0.3, -0.25) is 4.79 Å². The minimum atomic E-state index is -1.31. The Morgan fingerprint density at radius 2 is 1.59 bits per heavy atom. The van der Waals surface area contributed by atoms with Gasteiger partial charge in [0.05, 0.1) is 22.1 Å². The predicted molar refractivity (Wildman–Crippen MR) is 62.8 cm³/mol. The highest BCUT2D eigenvalue weighted by Crippen LogP contribution is 2.21. The monoisotopic (exact) mass is 301 g/mol. The van der Waals surface area contributed by atoms with Crippen LogP contribution in [0.2, 0.25) is 0 Å². The summed E-state index contributed by atoms with van der Waals surface area (Å²) in [5.41, 5.74) is -0.740. The zero-order valence-corrected chi connectivity index (χ0v) is 10.0. The highest BCUT2D eigenvalue weighted by molar-refractivity contribution is 9.09. The summed E-state index contributed by atoms with van der Waals surface area (Å²) in [7, 11) is 0. The Hall–Kier alpha value is -1.89. The van der Waals surface area contributed by atoms with Gasteiger partial charge < -0.3 is 15.5 Å². The van der Waals surface area contributed by atoms with E-state index >= 15 is 0 Å². The third kappa shape index (κ3) is 3.04. The molecule has 0 unspecified atom stereocenters. The topological polar surface area (TPSA) is 104 Å². The minimum absolute atomic E-state index is 0.0555. The van der Waals surface area contributed by atoms with Crippen molar-refractivity contribution in [1.29, 1.82) is 0 Å². The van der Waals surface area contributed by atoms with E-state index < -0.39 is 17.8 Å². The molecule has 0 fully saturated rings. The first-order chi connectivity index (χ1) is 7.97. The maximum absolute atomic E-state index is 11.2. The molecule has 0 atom stereocenters. The number of carbonyl (C=O) groups is 3. The number of carboxylic acid groups (broad SMARTS) is 2. The Morgan fingerprint density at radius 3 is 1.94 bits per heavy atom. The van der Waals surface area contributed by atoms with Gasteiger partial charge in [0.2, 0.25) is 5.91 Å². The van der Waals surface area contributed by atoms with Crippen molar-refractivity contribution in [3.05, 3.63) is 29.3 Å². The summed E-state index contributed by atoms with van der Waals surface area (Å²) in [6.45, 7) is 0. The molecule has 0 spiro atoms. The maximum Gasteiger partial charge on any atom is 0.337 e. The molecule has 0 aliphatic heterocycles. The van der Waals surface area contributed by atoms with Crippen molar-refractivity contribution >= 4 is 39.5 Å². The number of hydrogen-bond donors (Lipinski definition) is 3. The number of alkyl halides is 1. The van der Waals surface area contributed by atoms with Gasteiger partial charge in [0.15, 0.2) is 0 Å². The second kappa shape index (κ2) is 5.44. The lowest BCUT2D eigenvalue weighted by molar-refractivity contribution is -0.113. The van der Waals surface area contributed by atoms with Crippen molar-refractivity contribution < 1.29 is 24.6 Å². The quantitative estimate of drug-likeness (QED) is 0.730. The zero-order valence-electron chi connectivity index (χ0n) is 8.44. The summed E-state index contributed by atoms with van der Waals surface area (Å²) in [5, 5.41) is 20.0. The number of anilines is 1. The summed E-state index contributed by atoms with van der Waals surface area (Å²) in [5.74, 6) is -3.14. The number of para-hydroxylation sites is 1. The number of halogens is 1. The molecule has 1 aromatic carbocycles. The van der Waals surface area contributed by atoms with Crippen LogP contribution in [0.15, 0.2) is 18.2 Å². The van der Waals surface area contributed by atoms with Gasteiger partial charge in [0.25, 0.3) is 0 Å². The minimum Gasteiger partial charge on any atom is -0.478 e. The van der Waals surface area contributed by atoms with Crippen LogP contribution in [0, 0.1) is 0 Å². The van der Waals surface area contributed by atoms with Gasteiger partial charge in [-0.25, -0.2) is 9.59 Å². The highest BCUT2D eigenvalue weighted by Gasteiger charge is 2.19. The van der Waals surface area contributed by atoms with E-state index in [1.165, 1.54) is 18.2 Å². The summed E-state index contributed by atoms with van der Waals surface area (Å²) in [6.07, 6.45) is 0. The maximum atomic E-state index is 11.2. The number of carbonyl (C=O) groups excluding carboxylic acids is 1. The first-order valence-corrected chi connectivity index (χ1v) is 5.55. The Labute approximate surface area is 104 Å². The number of aromatic carboxylic acids is 2. The van der Waals surface area contributed by atoms with Crippen LogP contribution in [0.5, 0.6) is 0 Å². The molecule has 7 heteroatoms. The molecular formula is C10H8BrNO5. The van der Waals surface area contributed by atoms with Crippen molar-refractivity contribution in [2.45, 2.75) is 0 Å². The van der Waals surface area contributed by atoms with Gasteiger partial charge in [-0.05, 0) is 12.1 Å². The fourth-order valence-electron chi connectivity index (χ4n) is 1.22. The van der Waals surface area contributed by atoms with Gasteiger partial charge in [-0.15, -0.1) is 0 Å². The molecule has 0 aromatic heterocycles. The second-order valence-electron chi connectivity index (χ2n) is 3.02. The molecule has 0 heterocycles. The molecular weight excluding hydrogens is 294 g/mol. The fraction of sp³-hybridized carbons (Fsp3) is 0.100. The summed E-state index contributed by atoms with van der Waals surface area (Å²) >= 11 is 2.89. The summed E-state index contributed by atoms with van der Waals surface area (Å²) in [4.78, 5) is 33.0.